The molecule has 0 radical (unpaired) electrons. The molecule has 4 aromatic rings. The summed E-state index contributed by atoms with van der Waals surface area (Å²) in [5.74, 6) is 4.44. The Morgan fingerprint density at radius 3 is 2.88 bits per heavy atom. The molecule has 8 heteroatoms. The van der Waals surface area contributed by atoms with Crippen LogP contribution in [0.5, 0.6) is 0 Å². The number of carbonyl (C=O) groups is 1. The number of hydrogen-bond acceptors (Lipinski definition) is 5. The van der Waals surface area contributed by atoms with Gasteiger partial charge in [-0.2, -0.15) is 0 Å². The second-order valence-corrected chi connectivity index (χ2v) is 9.65. The molecular weight excluding hydrogens is 437 g/mol. The molecule has 0 unspecified atom stereocenters. The van der Waals surface area contributed by atoms with Crippen molar-refractivity contribution < 1.29 is 9.18 Å². The summed E-state index contributed by atoms with van der Waals surface area (Å²) in [6.07, 6.45) is 13.2. The van der Waals surface area contributed by atoms with Crippen molar-refractivity contribution in [2.24, 2.45) is 5.92 Å². The van der Waals surface area contributed by atoms with Gasteiger partial charge in [-0.05, 0) is 49.8 Å². The highest BCUT2D eigenvalue weighted by molar-refractivity contribution is 7.22. The number of carbonyl (C=O) groups excluding carboxylic acids is 1. The number of halogens is 1. The smallest absolute Gasteiger partial charge is 0.216 e. The van der Waals surface area contributed by atoms with E-state index in [2.05, 4.69) is 16.2 Å². The van der Waals surface area contributed by atoms with E-state index in [1.54, 1.807) is 25.3 Å². The molecule has 1 amide bonds. The summed E-state index contributed by atoms with van der Waals surface area (Å²) < 4.78 is 17.3. The summed E-state index contributed by atoms with van der Waals surface area (Å²) >= 11 is 1.43. The number of rotatable bonds is 4. The number of anilines is 1. The van der Waals surface area contributed by atoms with Crippen LogP contribution in [-0.2, 0) is 4.79 Å². The van der Waals surface area contributed by atoms with E-state index in [0.29, 0.717) is 28.4 Å². The Morgan fingerprint density at radius 1 is 1.36 bits per heavy atom. The number of nitrogens with zero attached hydrogens (tertiary/aromatic N) is 3. The van der Waals surface area contributed by atoms with Crippen LogP contribution in [0.3, 0.4) is 0 Å². The molecule has 1 saturated carbocycles. The van der Waals surface area contributed by atoms with Crippen LogP contribution in [0.4, 0.5) is 10.2 Å². The lowest BCUT2D eigenvalue weighted by atomic mass is 9.81. The molecule has 0 bridgehead atoms. The van der Waals surface area contributed by atoms with Crippen molar-refractivity contribution in [3.8, 4) is 22.9 Å². The Hall–Kier alpha value is -3.44. The molecule has 5 rings (SSSR count). The summed E-state index contributed by atoms with van der Waals surface area (Å²) in [5, 5.41) is 3.43. The third-order valence-corrected chi connectivity index (χ3v) is 7.66. The van der Waals surface area contributed by atoms with E-state index in [9.17, 15) is 9.18 Å². The molecule has 0 spiro atoms. The van der Waals surface area contributed by atoms with Gasteiger partial charge in [0.1, 0.15) is 28.7 Å². The maximum Gasteiger partial charge on any atom is 0.216 e. The van der Waals surface area contributed by atoms with Crippen molar-refractivity contribution in [2.45, 2.75) is 38.5 Å². The van der Waals surface area contributed by atoms with Crippen LogP contribution in [0.2, 0.25) is 0 Å². The predicted molar refractivity (Wildman–Crippen MR) is 129 cm³/mol. The molecular formula is C25H24FN5OS. The summed E-state index contributed by atoms with van der Waals surface area (Å²) in [4.78, 5) is 21.4. The van der Waals surface area contributed by atoms with E-state index in [0.717, 1.165) is 53.1 Å². The lowest BCUT2D eigenvalue weighted by molar-refractivity contribution is -0.119. The maximum absolute atomic E-state index is 14.5. The van der Waals surface area contributed by atoms with Gasteiger partial charge in [-0.15, -0.1) is 17.8 Å². The minimum atomic E-state index is -0.307. The molecule has 1 fully saturated rings. The highest BCUT2D eigenvalue weighted by Gasteiger charge is 2.28. The second kappa shape index (κ2) is 8.49. The van der Waals surface area contributed by atoms with Gasteiger partial charge in [-0.3, -0.25) is 9.20 Å². The predicted octanol–water partition coefficient (Wildman–Crippen LogP) is 4.72. The normalized spacial score (nSPS) is 18.5. The number of nitrogen functional groups attached to an aromatic ring is 1. The highest BCUT2D eigenvalue weighted by atomic mass is 32.1. The van der Waals surface area contributed by atoms with Gasteiger partial charge >= 0.3 is 0 Å². The topological polar surface area (TPSA) is 85.3 Å². The quantitative estimate of drug-likeness (QED) is 0.431. The van der Waals surface area contributed by atoms with Gasteiger partial charge in [0.05, 0.1) is 9.58 Å². The standard InChI is InChI=1S/C25H24FN5OS/c1-3-16-8-9-19(26)18-12-20(33-23(16)18)21-22-24(27)28-10-11-31(22)25(30-21)17-6-4-15(5-7-17)13-29-14(2)32/h1,8-12,15,17H,4-7,13H2,2H3,(H2,27,28)(H,29,32)/t15-,17-. The lowest BCUT2D eigenvalue weighted by Gasteiger charge is -2.27. The molecule has 33 heavy (non-hydrogen) atoms. The second-order valence-electron chi connectivity index (χ2n) is 8.60. The molecule has 1 aliphatic rings. The molecule has 0 atom stereocenters. The van der Waals surface area contributed by atoms with Crippen LogP contribution in [0, 0.1) is 24.1 Å². The largest absolute Gasteiger partial charge is 0.382 e. The fraction of sp³-hybridized carbons (Fsp3) is 0.320. The van der Waals surface area contributed by atoms with E-state index >= 15 is 0 Å². The lowest BCUT2D eigenvalue weighted by Crippen LogP contribution is -2.29. The van der Waals surface area contributed by atoms with Gasteiger partial charge in [0, 0.05) is 42.7 Å². The van der Waals surface area contributed by atoms with E-state index in [-0.39, 0.29) is 17.6 Å². The first-order chi connectivity index (χ1) is 16.0. The van der Waals surface area contributed by atoms with Crippen molar-refractivity contribution in [1.82, 2.24) is 19.7 Å². The Bertz CT molecular complexity index is 1410. The molecule has 168 valence electrons. The van der Waals surface area contributed by atoms with Gasteiger partial charge in [0.25, 0.3) is 0 Å². The zero-order valence-corrected chi connectivity index (χ0v) is 19.1. The van der Waals surface area contributed by atoms with Gasteiger partial charge in [0.15, 0.2) is 0 Å². The number of aromatic nitrogens is 3. The number of imidazole rings is 1. The number of fused-ring (bicyclic) bond motifs is 2. The number of thiophene rings is 1. The summed E-state index contributed by atoms with van der Waals surface area (Å²) in [6.45, 7) is 2.27. The Labute approximate surface area is 195 Å². The van der Waals surface area contributed by atoms with Crippen molar-refractivity contribution >= 4 is 38.7 Å². The molecule has 3 N–H and O–H groups in total. The fourth-order valence-corrected chi connectivity index (χ4v) is 5.92. The molecule has 0 aliphatic heterocycles. The third kappa shape index (κ3) is 3.83. The fourth-order valence-electron chi connectivity index (χ4n) is 4.78. The number of benzene rings is 1. The Morgan fingerprint density at radius 2 is 2.15 bits per heavy atom. The molecule has 1 aliphatic carbocycles. The van der Waals surface area contributed by atoms with E-state index in [4.69, 9.17) is 17.1 Å². The minimum absolute atomic E-state index is 0.0109. The number of terminal acetylenes is 1. The Balaban J connectivity index is 1.55. The summed E-state index contributed by atoms with van der Waals surface area (Å²) in [7, 11) is 0. The van der Waals surface area contributed by atoms with Crippen LogP contribution in [0.15, 0.2) is 30.6 Å². The average Bonchev–Trinajstić information content (AvgIpc) is 3.42. The van der Waals surface area contributed by atoms with Crippen LogP contribution in [0.1, 0.15) is 49.9 Å². The summed E-state index contributed by atoms with van der Waals surface area (Å²) in [5.41, 5.74) is 8.40. The number of nitrogens with one attached hydrogen (secondary N) is 1. The molecule has 3 aromatic heterocycles. The summed E-state index contributed by atoms with van der Waals surface area (Å²) in [6, 6.07) is 4.84. The highest BCUT2D eigenvalue weighted by Crippen LogP contribution is 2.42. The molecule has 3 heterocycles. The van der Waals surface area contributed by atoms with Crippen LogP contribution in [0.25, 0.3) is 26.2 Å². The van der Waals surface area contributed by atoms with Crippen LogP contribution < -0.4 is 11.1 Å². The zero-order valence-electron chi connectivity index (χ0n) is 18.3. The monoisotopic (exact) mass is 461 g/mol. The van der Waals surface area contributed by atoms with Crippen molar-refractivity contribution in [3.63, 3.8) is 0 Å². The van der Waals surface area contributed by atoms with Crippen LogP contribution >= 0.6 is 11.3 Å². The molecule has 6 nitrogen and oxygen atoms in total. The van der Waals surface area contributed by atoms with Gasteiger partial charge in [-0.25, -0.2) is 14.4 Å². The number of nitrogens with two attached hydrogens (primary N) is 1. The van der Waals surface area contributed by atoms with Crippen molar-refractivity contribution in [1.29, 1.82) is 0 Å². The molecule has 0 saturated heterocycles. The van der Waals surface area contributed by atoms with Gasteiger partial charge < -0.3 is 11.1 Å². The first-order valence-electron chi connectivity index (χ1n) is 11.0. The third-order valence-electron chi connectivity index (χ3n) is 6.48. The van der Waals surface area contributed by atoms with Crippen LogP contribution in [-0.4, -0.2) is 26.8 Å². The minimum Gasteiger partial charge on any atom is -0.382 e. The maximum atomic E-state index is 14.5. The van der Waals surface area contributed by atoms with Gasteiger partial charge in [0.2, 0.25) is 5.91 Å². The zero-order chi connectivity index (χ0) is 23.1. The first-order valence-corrected chi connectivity index (χ1v) is 11.8. The first kappa shape index (κ1) is 21.4. The Kier molecular flexibility index (Phi) is 5.51. The van der Waals surface area contributed by atoms with Gasteiger partial charge in [-0.1, -0.05) is 5.92 Å². The molecule has 1 aromatic carbocycles. The number of amides is 1. The van der Waals surface area contributed by atoms with Crippen molar-refractivity contribution in [3.05, 3.63) is 47.8 Å². The van der Waals surface area contributed by atoms with E-state index < -0.39 is 0 Å². The number of hydrogen-bond donors (Lipinski definition) is 2. The average molecular weight is 462 g/mol. The van der Waals surface area contributed by atoms with E-state index in [1.165, 1.54) is 17.4 Å². The van der Waals surface area contributed by atoms with Crippen molar-refractivity contribution in [2.75, 3.05) is 12.3 Å². The van der Waals surface area contributed by atoms with E-state index in [1.807, 2.05) is 10.6 Å². The SMILES string of the molecule is C#Cc1ccc(F)c2cc(-c3nc([C@H]4CC[C@H](CNC(C)=O)CC4)n4ccnc(N)c34)sc12.